The number of benzene rings is 2. The highest BCUT2D eigenvalue weighted by atomic mass is 32.1. The Labute approximate surface area is 255 Å². The molecule has 228 valence electrons. The van der Waals surface area contributed by atoms with E-state index in [-0.39, 0.29) is 13.2 Å². The van der Waals surface area contributed by atoms with E-state index in [1.54, 1.807) is 42.5 Å². The number of H-pyrrole nitrogens is 1. The first-order chi connectivity index (χ1) is 21.1. The molecule has 0 fully saturated rings. The smallest absolute Gasteiger partial charge is 0.408 e. The second kappa shape index (κ2) is 14.6. The van der Waals surface area contributed by atoms with Gasteiger partial charge in [0.15, 0.2) is 0 Å². The summed E-state index contributed by atoms with van der Waals surface area (Å²) in [5, 5.41) is 22.5. The minimum atomic E-state index is -1.39. The maximum absolute atomic E-state index is 12.7. The van der Waals surface area contributed by atoms with Crippen LogP contribution >= 0.6 is 11.3 Å². The van der Waals surface area contributed by atoms with Crippen LogP contribution in [0.15, 0.2) is 77.7 Å². The molecule has 0 aliphatic heterocycles. The molecule has 5 rings (SSSR count). The number of imidazole rings is 1. The SMILES string of the molecule is CC(=O)O.Cc1cn(C[C@H](NC(=O)OCc2ccccc2)C(=O)O)c(=O)nc1NCc1ccc(-c2nc3ccccc3[nH]2)s1. The summed E-state index contributed by atoms with van der Waals surface area (Å²) in [7, 11) is 0. The number of carboxylic acids is 2. The number of aromatic amines is 1. The molecule has 14 heteroatoms. The predicted octanol–water partition coefficient (Wildman–Crippen LogP) is 4.24. The third-order valence-corrected chi connectivity index (χ3v) is 7.16. The third kappa shape index (κ3) is 8.75. The number of anilines is 1. The Morgan fingerprint density at radius 3 is 2.43 bits per heavy atom. The molecule has 3 heterocycles. The third-order valence-electron chi connectivity index (χ3n) is 6.07. The molecule has 1 atom stereocenters. The molecule has 5 N–H and O–H groups in total. The molecule has 0 radical (unpaired) electrons. The van der Waals surface area contributed by atoms with Gasteiger partial charge in [0.05, 0.1) is 29.0 Å². The molecule has 5 aromatic rings. The number of rotatable bonds is 10. The van der Waals surface area contributed by atoms with Crippen LogP contribution in [0.4, 0.5) is 10.6 Å². The van der Waals surface area contributed by atoms with E-state index in [0.717, 1.165) is 43.7 Å². The minimum Gasteiger partial charge on any atom is -0.481 e. The maximum Gasteiger partial charge on any atom is 0.408 e. The number of aryl methyl sites for hydroxylation is 1. The lowest BCUT2D eigenvalue weighted by Crippen LogP contribution is -2.45. The van der Waals surface area contributed by atoms with Crippen molar-refractivity contribution < 1.29 is 29.3 Å². The molecule has 0 bridgehead atoms. The van der Waals surface area contributed by atoms with Gasteiger partial charge in [0, 0.05) is 23.6 Å². The minimum absolute atomic E-state index is 0.00992. The number of alkyl carbamates (subject to hydrolysis) is 1. The van der Waals surface area contributed by atoms with Crippen LogP contribution in [-0.4, -0.2) is 53.8 Å². The summed E-state index contributed by atoms with van der Waals surface area (Å²) in [6, 6.07) is 19.4. The lowest BCUT2D eigenvalue weighted by atomic mass is 10.2. The number of thiophene rings is 1. The van der Waals surface area contributed by atoms with E-state index in [9.17, 15) is 19.5 Å². The van der Waals surface area contributed by atoms with Crippen molar-refractivity contribution in [3.8, 4) is 10.7 Å². The Bertz CT molecular complexity index is 1780. The van der Waals surface area contributed by atoms with Gasteiger partial charge in [-0.25, -0.2) is 19.4 Å². The number of ether oxygens (including phenoxy) is 1. The summed E-state index contributed by atoms with van der Waals surface area (Å²) >= 11 is 1.57. The van der Waals surface area contributed by atoms with Gasteiger partial charge in [-0.05, 0) is 36.8 Å². The van der Waals surface area contributed by atoms with Crippen molar-refractivity contribution in [3.63, 3.8) is 0 Å². The maximum atomic E-state index is 12.7. The van der Waals surface area contributed by atoms with Gasteiger partial charge in [0.2, 0.25) is 0 Å². The molecule has 0 spiro atoms. The summed E-state index contributed by atoms with van der Waals surface area (Å²) in [4.78, 5) is 59.7. The molecule has 13 nitrogen and oxygen atoms in total. The average molecular weight is 619 g/mol. The van der Waals surface area contributed by atoms with Crippen LogP contribution in [0, 0.1) is 6.92 Å². The zero-order valence-corrected chi connectivity index (χ0v) is 24.6. The lowest BCUT2D eigenvalue weighted by molar-refractivity contribution is -0.139. The summed E-state index contributed by atoms with van der Waals surface area (Å²) in [5.74, 6) is -0.955. The summed E-state index contributed by atoms with van der Waals surface area (Å²) in [6.45, 7) is 2.96. The van der Waals surface area contributed by atoms with Gasteiger partial charge in [0.25, 0.3) is 5.97 Å². The summed E-state index contributed by atoms with van der Waals surface area (Å²) in [5.41, 5.74) is 2.63. The van der Waals surface area contributed by atoms with E-state index in [1.807, 2.05) is 42.5 Å². The molecular weight excluding hydrogens is 588 g/mol. The number of carbonyl (C=O) groups is 3. The Balaban J connectivity index is 0.00000104. The van der Waals surface area contributed by atoms with Crippen LogP contribution in [0.3, 0.4) is 0 Å². The molecule has 0 saturated heterocycles. The highest BCUT2D eigenvalue weighted by molar-refractivity contribution is 7.15. The second-order valence-electron chi connectivity index (χ2n) is 9.55. The highest BCUT2D eigenvalue weighted by Crippen LogP contribution is 2.28. The predicted molar refractivity (Wildman–Crippen MR) is 164 cm³/mol. The molecule has 1 amide bonds. The van der Waals surface area contributed by atoms with Crippen LogP contribution in [0.1, 0.15) is 22.9 Å². The van der Waals surface area contributed by atoms with Crippen LogP contribution in [-0.2, 0) is 34.0 Å². The van der Waals surface area contributed by atoms with Gasteiger partial charge in [-0.3, -0.25) is 9.36 Å². The quantitative estimate of drug-likeness (QED) is 0.151. The van der Waals surface area contributed by atoms with Crippen molar-refractivity contribution >= 4 is 46.2 Å². The number of aromatic nitrogens is 4. The number of nitrogens with zero attached hydrogens (tertiary/aromatic N) is 3. The standard InChI is InChI=1S/C28H26N6O5S.C2H4O2/c1-17-14-34(15-22(26(35)36)32-28(38)39-16-18-7-3-2-4-8-18)27(37)33-24(17)29-13-19-11-12-23(40-19)25-30-20-9-5-6-10-21(20)31-25;1-2(3)4/h2-12,14,22H,13,15-16H2,1H3,(H,30,31)(H,32,38)(H,35,36)(H,29,33,37);1H3,(H,3,4)/t22-;/m0./s1. The van der Waals surface area contributed by atoms with Crippen LogP contribution in [0.5, 0.6) is 0 Å². The van der Waals surface area contributed by atoms with Gasteiger partial charge < -0.3 is 30.6 Å². The Morgan fingerprint density at radius 2 is 1.73 bits per heavy atom. The normalized spacial score (nSPS) is 11.2. The van der Waals surface area contributed by atoms with E-state index >= 15 is 0 Å². The zero-order valence-electron chi connectivity index (χ0n) is 23.8. The van der Waals surface area contributed by atoms with Crippen molar-refractivity contribution in [1.29, 1.82) is 0 Å². The average Bonchev–Trinajstić information content (AvgIpc) is 3.64. The second-order valence-corrected chi connectivity index (χ2v) is 10.7. The van der Waals surface area contributed by atoms with Crippen molar-refractivity contribution in [2.24, 2.45) is 0 Å². The lowest BCUT2D eigenvalue weighted by Gasteiger charge is -2.17. The first-order valence-electron chi connectivity index (χ1n) is 13.3. The molecule has 2 aromatic carbocycles. The molecule has 0 aliphatic carbocycles. The first-order valence-corrected chi connectivity index (χ1v) is 14.2. The number of carboxylic acid groups (broad SMARTS) is 2. The fraction of sp³-hybridized carbons (Fsp3) is 0.200. The van der Waals surface area contributed by atoms with Gasteiger partial charge in [-0.1, -0.05) is 42.5 Å². The van der Waals surface area contributed by atoms with Crippen LogP contribution in [0.25, 0.3) is 21.7 Å². The van der Waals surface area contributed by atoms with Gasteiger partial charge in [0.1, 0.15) is 24.3 Å². The zero-order chi connectivity index (χ0) is 31.6. The van der Waals surface area contributed by atoms with Crippen molar-refractivity contribution in [1.82, 2.24) is 24.8 Å². The number of fused-ring (bicyclic) bond motifs is 1. The molecule has 0 saturated carbocycles. The Hall–Kier alpha value is -5.50. The number of hydrogen-bond donors (Lipinski definition) is 5. The first kappa shape index (κ1) is 31.4. The largest absolute Gasteiger partial charge is 0.481 e. The summed E-state index contributed by atoms with van der Waals surface area (Å²) in [6.07, 6.45) is 0.615. The molecular formula is C30H30N6O7S. The fourth-order valence-electron chi connectivity index (χ4n) is 4.04. The molecule has 0 aliphatic rings. The summed E-state index contributed by atoms with van der Waals surface area (Å²) < 4.78 is 6.26. The van der Waals surface area contributed by atoms with E-state index in [0.29, 0.717) is 17.9 Å². The van der Waals surface area contributed by atoms with Gasteiger partial charge in [-0.15, -0.1) is 11.3 Å². The molecule has 3 aromatic heterocycles. The Kier molecular flexibility index (Phi) is 10.4. The van der Waals surface area contributed by atoms with Crippen molar-refractivity contribution in [3.05, 3.63) is 99.4 Å². The van der Waals surface area contributed by atoms with Gasteiger partial charge >= 0.3 is 17.8 Å². The van der Waals surface area contributed by atoms with Gasteiger partial charge in [-0.2, -0.15) is 4.98 Å². The molecule has 44 heavy (non-hydrogen) atoms. The number of amides is 1. The van der Waals surface area contributed by atoms with E-state index < -0.39 is 29.8 Å². The fourth-order valence-corrected chi connectivity index (χ4v) is 4.93. The van der Waals surface area contributed by atoms with Crippen LogP contribution < -0.4 is 16.3 Å². The van der Waals surface area contributed by atoms with E-state index in [1.165, 1.54) is 6.20 Å². The highest BCUT2D eigenvalue weighted by Gasteiger charge is 2.22. The number of carbonyl (C=O) groups excluding carboxylic acids is 1. The number of para-hydroxylation sites is 2. The molecule has 0 unspecified atom stereocenters. The monoisotopic (exact) mass is 618 g/mol. The Morgan fingerprint density at radius 1 is 1.02 bits per heavy atom. The number of aliphatic carboxylic acids is 2. The van der Waals surface area contributed by atoms with E-state index in [2.05, 4.69) is 25.6 Å². The number of nitrogens with one attached hydrogen (secondary N) is 3. The van der Waals surface area contributed by atoms with Crippen LogP contribution in [0.2, 0.25) is 0 Å². The van der Waals surface area contributed by atoms with Crippen molar-refractivity contribution in [2.75, 3.05) is 5.32 Å². The van der Waals surface area contributed by atoms with Crippen molar-refractivity contribution in [2.45, 2.75) is 39.6 Å². The van der Waals surface area contributed by atoms with E-state index in [4.69, 9.17) is 14.6 Å². The topological polar surface area (TPSA) is 189 Å². The number of hydrogen-bond acceptors (Lipinski definition) is 9.